The Balaban J connectivity index is 1.74. The van der Waals surface area contributed by atoms with Gasteiger partial charge in [0.05, 0.1) is 18.8 Å². The molecule has 1 aromatic rings. The van der Waals surface area contributed by atoms with Crippen molar-refractivity contribution in [1.82, 2.24) is 4.98 Å². The number of nitrogens with zero attached hydrogens (tertiary/aromatic N) is 1. The van der Waals surface area contributed by atoms with Crippen molar-refractivity contribution >= 4 is 29.7 Å². The van der Waals surface area contributed by atoms with E-state index in [9.17, 15) is 14.4 Å². The summed E-state index contributed by atoms with van der Waals surface area (Å²) in [5.74, 6) is -1.49. The molecule has 2 saturated heterocycles. The zero-order valence-corrected chi connectivity index (χ0v) is 12.3. The molecule has 2 aliphatic rings. The van der Waals surface area contributed by atoms with Gasteiger partial charge in [0.15, 0.2) is 0 Å². The summed E-state index contributed by atoms with van der Waals surface area (Å²) in [6, 6.07) is 3.15. The summed E-state index contributed by atoms with van der Waals surface area (Å²) < 4.78 is 14.8. The summed E-state index contributed by atoms with van der Waals surface area (Å²) in [6.07, 6.45) is 1.58. The monoisotopic (exact) mass is 323 g/mol. The maximum Gasteiger partial charge on any atom is 0.347 e. The molecule has 2 aliphatic heterocycles. The van der Waals surface area contributed by atoms with Crippen LogP contribution in [0.5, 0.6) is 0 Å². The Labute approximate surface area is 130 Å². The largest absolute Gasteiger partial charge is 0.465 e. The Morgan fingerprint density at radius 3 is 2.68 bits per heavy atom. The topological polar surface area (TPSA) is 91.8 Å². The Hall–Kier alpha value is -2.09. The summed E-state index contributed by atoms with van der Waals surface area (Å²) >= 11 is 1.17. The van der Waals surface area contributed by atoms with Crippen molar-refractivity contribution in [3.05, 3.63) is 23.9 Å². The van der Waals surface area contributed by atoms with Crippen LogP contribution >= 0.6 is 11.8 Å². The van der Waals surface area contributed by atoms with Crippen molar-refractivity contribution in [2.45, 2.75) is 29.2 Å². The van der Waals surface area contributed by atoms with E-state index in [1.165, 1.54) is 18.0 Å². The van der Waals surface area contributed by atoms with Crippen LogP contribution < -0.4 is 0 Å². The van der Waals surface area contributed by atoms with Gasteiger partial charge in [0.1, 0.15) is 10.3 Å². The predicted octanol–water partition coefficient (Wildman–Crippen LogP) is 0.962. The van der Waals surface area contributed by atoms with Crippen LogP contribution in [0, 0.1) is 0 Å². The first-order valence-electron chi connectivity index (χ1n) is 6.81. The van der Waals surface area contributed by atoms with Crippen LogP contribution in [0.1, 0.15) is 23.2 Å². The molecule has 3 rings (SSSR count). The van der Waals surface area contributed by atoms with Crippen molar-refractivity contribution < 1.29 is 28.6 Å². The molecule has 0 saturated carbocycles. The SMILES string of the molecule is O=C(O[C@@H]1CCOC1=O)c1cccnc1S[C@H]1CCOC1=O. The summed E-state index contributed by atoms with van der Waals surface area (Å²) in [7, 11) is 0. The highest BCUT2D eigenvalue weighted by Crippen LogP contribution is 2.31. The molecule has 3 heterocycles. The molecule has 8 heteroatoms. The number of hydrogen-bond donors (Lipinski definition) is 0. The minimum absolute atomic E-state index is 0.229. The number of esters is 3. The third-order valence-corrected chi connectivity index (χ3v) is 4.53. The fourth-order valence-electron chi connectivity index (χ4n) is 2.14. The smallest absolute Gasteiger partial charge is 0.347 e. The molecule has 116 valence electrons. The van der Waals surface area contributed by atoms with E-state index < -0.39 is 18.0 Å². The molecule has 0 N–H and O–H groups in total. The molecule has 22 heavy (non-hydrogen) atoms. The standard InChI is InChI=1S/C14H13NO6S/c16-12(21-9-3-6-19-13(9)17)8-2-1-5-15-11(8)22-10-4-7-20-14(10)18/h1-2,5,9-10H,3-4,6-7H2/t9-,10+/m1/s1. The number of aromatic nitrogens is 1. The molecule has 2 fully saturated rings. The maximum absolute atomic E-state index is 12.2. The highest BCUT2D eigenvalue weighted by Gasteiger charge is 2.33. The molecular weight excluding hydrogens is 310 g/mol. The number of carbonyl (C=O) groups is 3. The molecule has 7 nitrogen and oxygen atoms in total. The normalized spacial score (nSPS) is 24.0. The van der Waals surface area contributed by atoms with Crippen molar-refractivity contribution in [2.24, 2.45) is 0 Å². The van der Waals surface area contributed by atoms with Crippen molar-refractivity contribution in [2.75, 3.05) is 13.2 Å². The van der Waals surface area contributed by atoms with Gasteiger partial charge in [0.25, 0.3) is 0 Å². The fourth-order valence-corrected chi connectivity index (χ4v) is 3.18. The van der Waals surface area contributed by atoms with Gasteiger partial charge in [-0.05, 0) is 12.1 Å². The third-order valence-electron chi connectivity index (χ3n) is 3.27. The molecule has 0 radical (unpaired) electrons. The van der Waals surface area contributed by atoms with Gasteiger partial charge in [-0.15, -0.1) is 0 Å². The van der Waals surface area contributed by atoms with E-state index in [4.69, 9.17) is 14.2 Å². The van der Waals surface area contributed by atoms with Crippen LogP contribution in [0.25, 0.3) is 0 Å². The minimum atomic E-state index is -0.873. The highest BCUT2D eigenvalue weighted by molar-refractivity contribution is 8.00. The zero-order valence-electron chi connectivity index (χ0n) is 11.5. The molecule has 0 amide bonds. The van der Waals surface area contributed by atoms with Crippen LogP contribution in [0.3, 0.4) is 0 Å². The third kappa shape index (κ3) is 3.06. The van der Waals surface area contributed by atoms with Gasteiger partial charge in [0, 0.05) is 19.0 Å². The number of rotatable bonds is 4. The minimum Gasteiger partial charge on any atom is -0.465 e. The fraction of sp³-hybridized carbons (Fsp3) is 0.429. The number of hydrogen-bond acceptors (Lipinski definition) is 8. The zero-order chi connectivity index (χ0) is 15.5. The van der Waals surface area contributed by atoms with Gasteiger partial charge in [0.2, 0.25) is 6.10 Å². The highest BCUT2D eigenvalue weighted by atomic mass is 32.2. The van der Waals surface area contributed by atoms with Gasteiger partial charge in [-0.2, -0.15) is 0 Å². The number of carbonyl (C=O) groups excluding carboxylic acids is 3. The lowest BCUT2D eigenvalue weighted by molar-refractivity contribution is -0.145. The molecular formula is C14H13NO6S. The van der Waals surface area contributed by atoms with E-state index in [0.717, 1.165) is 0 Å². The van der Waals surface area contributed by atoms with E-state index in [1.807, 2.05) is 0 Å². The van der Waals surface area contributed by atoms with Crippen molar-refractivity contribution in [1.29, 1.82) is 0 Å². The molecule has 1 aromatic heterocycles. The first-order chi connectivity index (χ1) is 10.6. The van der Waals surface area contributed by atoms with Crippen LogP contribution in [0.4, 0.5) is 0 Å². The van der Waals surface area contributed by atoms with Crippen LogP contribution in [0.15, 0.2) is 23.4 Å². The van der Waals surface area contributed by atoms with Gasteiger partial charge >= 0.3 is 17.9 Å². The summed E-state index contributed by atoms with van der Waals surface area (Å²) in [5, 5.41) is 0.0145. The Kier molecular flexibility index (Phi) is 4.28. The lowest BCUT2D eigenvalue weighted by Crippen LogP contribution is -2.23. The number of cyclic esters (lactones) is 2. The van der Waals surface area contributed by atoms with Gasteiger partial charge < -0.3 is 14.2 Å². The number of ether oxygens (including phenoxy) is 3. The van der Waals surface area contributed by atoms with Crippen molar-refractivity contribution in [3.63, 3.8) is 0 Å². The molecule has 0 aliphatic carbocycles. The van der Waals surface area contributed by atoms with Crippen LogP contribution in [-0.2, 0) is 23.8 Å². The second-order valence-corrected chi connectivity index (χ2v) is 5.96. The van der Waals surface area contributed by atoms with E-state index >= 15 is 0 Å². The van der Waals surface area contributed by atoms with Crippen LogP contribution in [0.2, 0.25) is 0 Å². The molecule has 2 atom stereocenters. The summed E-state index contributed by atoms with van der Waals surface area (Å²) in [4.78, 5) is 39.3. The first kappa shape index (κ1) is 14.8. The lowest BCUT2D eigenvalue weighted by Gasteiger charge is -2.11. The van der Waals surface area contributed by atoms with Gasteiger partial charge in [-0.25, -0.2) is 14.6 Å². The molecule has 0 spiro atoms. The second-order valence-electron chi connectivity index (χ2n) is 4.77. The molecule has 0 aromatic carbocycles. The first-order valence-corrected chi connectivity index (χ1v) is 7.69. The summed E-state index contributed by atoms with van der Waals surface area (Å²) in [5.41, 5.74) is 0.229. The Bertz CT molecular complexity index is 619. The van der Waals surface area contributed by atoms with E-state index in [1.54, 1.807) is 12.1 Å². The second kappa shape index (κ2) is 6.35. The van der Waals surface area contributed by atoms with E-state index in [0.29, 0.717) is 24.5 Å². The van der Waals surface area contributed by atoms with Crippen molar-refractivity contribution in [3.8, 4) is 0 Å². The van der Waals surface area contributed by atoms with E-state index in [-0.39, 0.29) is 23.4 Å². The van der Waals surface area contributed by atoms with E-state index in [2.05, 4.69) is 4.98 Å². The molecule has 0 unspecified atom stereocenters. The average molecular weight is 323 g/mol. The summed E-state index contributed by atoms with van der Waals surface area (Å²) in [6.45, 7) is 0.621. The van der Waals surface area contributed by atoms with Gasteiger partial charge in [-0.3, -0.25) is 4.79 Å². The lowest BCUT2D eigenvalue weighted by atomic mass is 10.2. The van der Waals surface area contributed by atoms with Gasteiger partial charge in [-0.1, -0.05) is 11.8 Å². The van der Waals surface area contributed by atoms with Crippen LogP contribution in [-0.4, -0.2) is 47.5 Å². The maximum atomic E-state index is 12.2. The quantitative estimate of drug-likeness (QED) is 0.598. The molecule has 0 bridgehead atoms. The number of pyridine rings is 1. The Morgan fingerprint density at radius 2 is 2.00 bits per heavy atom. The predicted molar refractivity (Wildman–Crippen MR) is 74.2 cm³/mol. The number of thioether (sulfide) groups is 1. The Morgan fingerprint density at radius 1 is 1.23 bits per heavy atom. The average Bonchev–Trinajstić information content (AvgIpc) is 3.09.